The summed E-state index contributed by atoms with van der Waals surface area (Å²) in [7, 11) is 0. The van der Waals surface area contributed by atoms with E-state index in [-0.39, 0.29) is 6.04 Å². The second-order valence-corrected chi connectivity index (χ2v) is 6.89. The number of halogens is 1. The summed E-state index contributed by atoms with van der Waals surface area (Å²) in [5.74, 6) is 0. The molecule has 0 saturated carbocycles. The van der Waals surface area contributed by atoms with Crippen molar-refractivity contribution >= 4 is 39.0 Å². The van der Waals surface area contributed by atoms with Crippen LogP contribution >= 0.6 is 39.0 Å². The van der Waals surface area contributed by atoms with Crippen molar-refractivity contribution in [3.8, 4) is 0 Å². The normalized spacial score (nSPS) is 12.7. The summed E-state index contributed by atoms with van der Waals surface area (Å²) in [6, 6.07) is 6.22. The fourth-order valence-electron chi connectivity index (χ4n) is 1.45. The topological polar surface area (TPSA) is 38.9 Å². The molecule has 0 fully saturated rings. The van der Waals surface area contributed by atoms with E-state index in [9.17, 15) is 0 Å². The standard InChI is InChI=1S/C12H13BrN2S2/c1-7-6-16-12(15-7)17-11-5-9(13)3-4-10(11)8(2)14/h3-6,8H,14H2,1-2H3. The van der Waals surface area contributed by atoms with Gasteiger partial charge in [-0.05, 0) is 31.5 Å². The van der Waals surface area contributed by atoms with Gasteiger partial charge >= 0.3 is 0 Å². The van der Waals surface area contributed by atoms with Crippen LogP contribution in [0, 0.1) is 6.92 Å². The zero-order valence-corrected chi connectivity index (χ0v) is 12.8. The molecule has 0 aliphatic heterocycles. The van der Waals surface area contributed by atoms with E-state index in [4.69, 9.17) is 5.73 Å². The molecule has 0 aliphatic rings. The molecule has 1 unspecified atom stereocenters. The lowest BCUT2D eigenvalue weighted by atomic mass is 10.1. The van der Waals surface area contributed by atoms with Gasteiger partial charge in [0.25, 0.3) is 0 Å². The van der Waals surface area contributed by atoms with Gasteiger partial charge in [-0.1, -0.05) is 33.8 Å². The Hall–Kier alpha value is -0.360. The summed E-state index contributed by atoms with van der Waals surface area (Å²) < 4.78 is 2.13. The zero-order chi connectivity index (χ0) is 12.4. The largest absolute Gasteiger partial charge is 0.324 e. The summed E-state index contributed by atoms with van der Waals surface area (Å²) in [6.07, 6.45) is 0. The lowest BCUT2D eigenvalue weighted by Crippen LogP contribution is -2.06. The highest BCUT2D eigenvalue weighted by molar-refractivity contribution is 9.10. The van der Waals surface area contributed by atoms with E-state index in [1.807, 2.05) is 19.9 Å². The maximum atomic E-state index is 5.98. The molecule has 2 aromatic rings. The quantitative estimate of drug-likeness (QED) is 0.908. The summed E-state index contributed by atoms with van der Waals surface area (Å²) in [5.41, 5.74) is 8.20. The Morgan fingerprint density at radius 1 is 1.47 bits per heavy atom. The Kier molecular flexibility index (Phi) is 4.25. The fourth-order valence-corrected chi connectivity index (χ4v) is 4.02. The van der Waals surface area contributed by atoms with E-state index in [1.165, 1.54) is 4.90 Å². The van der Waals surface area contributed by atoms with Crippen LogP contribution in [0.15, 0.2) is 37.3 Å². The van der Waals surface area contributed by atoms with Gasteiger partial charge in [0.2, 0.25) is 0 Å². The van der Waals surface area contributed by atoms with E-state index in [0.29, 0.717) is 0 Å². The molecule has 1 aromatic heterocycles. The minimum atomic E-state index is 0.0339. The molecule has 0 amide bonds. The SMILES string of the molecule is Cc1csc(Sc2cc(Br)ccc2C(C)N)n1. The van der Waals surface area contributed by atoms with Crippen LogP contribution in [0.5, 0.6) is 0 Å². The first-order chi connectivity index (χ1) is 8.06. The van der Waals surface area contributed by atoms with E-state index in [2.05, 4.69) is 38.4 Å². The third-order valence-corrected chi connectivity index (χ3v) is 4.88. The summed E-state index contributed by atoms with van der Waals surface area (Å²) >= 11 is 6.83. The molecule has 2 N–H and O–H groups in total. The average Bonchev–Trinajstić information content (AvgIpc) is 2.63. The van der Waals surface area contributed by atoms with Crippen molar-refractivity contribution in [3.63, 3.8) is 0 Å². The van der Waals surface area contributed by atoms with Crippen LogP contribution in [-0.2, 0) is 0 Å². The number of hydrogen-bond donors (Lipinski definition) is 1. The summed E-state index contributed by atoms with van der Waals surface area (Å²) in [6.45, 7) is 4.01. The van der Waals surface area contributed by atoms with Gasteiger partial charge in [0.05, 0.1) is 0 Å². The third kappa shape index (κ3) is 3.31. The molecule has 0 spiro atoms. The predicted octanol–water partition coefficient (Wildman–Crippen LogP) is 4.38. The van der Waals surface area contributed by atoms with Gasteiger partial charge < -0.3 is 5.73 Å². The van der Waals surface area contributed by atoms with Crippen LogP contribution in [0.3, 0.4) is 0 Å². The lowest BCUT2D eigenvalue weighted by Gasteiger charge is -2.11. The Balaban J connectivity index is 2.33. The molecule has 0 bridgehead atoms. The molecule has 2 rings (SSSR count). The Morgan fingerprint density at radius 3 is 2.82 bits per heavy atom. The maximum Gasteiger partial charge on any atom is 0.154 e. The molecular weight excluding hydrogens is 316 g/mol. The van der Waals surface area contributed by atoms with Gasteiger partial charge in [0, 0.05) is 26.5 Å². The monoisotopic (exact) mass is 328 g/mol. The van der Waals surface area contributed by atoms with Gasteiger partial charge in [0.1, 0.15) is 0 Å². The first-order valence-electron chi connectivity index (χ1n) is 5.21. The molecule has 0 aliphatic carbocycles. The number of nitrogens with two attached hydrogens (primary N) is 1. The molecule has 1 aromatic carbocycles. The number of benzene rings is 1. The fraction of sp³-hybridized carbons (Fsp3) is 0.250. The van der Waals surface area contributed by atoms with Gasteiger partial charge in [-0.15, -0.1) is 11.3 Å². The molecule has 0 saturated heterocycles. The highest BCUT2D eigenvalue weighted by Gasteiger charge is 2.10. The van der Waals surface area contributed by atoms with Crippen molar-refractivity contribution in [2.75, 3.05) is 0 Å². The second kappa shape index (κ2) is 5.52. The van der Waals surface area contributed by atoms with Gasteiger partial charge in [-0.25, -0.2) is 4.98 Å². The highest BCUT2D eigenvalue weighted by Crippen LogP contribution is 2.36. The van der Waals surface area contributed by atoms with E-state index >= 15 is 0 Å². The van der Waals surface area contributed by atoms with Crippen molar-refractivity contribution in [2.45, 2.75) is 29.1 Å². The molecule has 1 atom stereocenters. The second-order valence-electron chi connectivity index (χ2n) is 3.83. The van der Waals surface area contributed by atoms with Crippen LogP contribution in [0.4, 0.5) is 0 Å². The van der Waals surface area contributed by atoms with Crippen LogP contribution in [-0.4, -0.2) is 4.98 Å². The van der Waals surface area contributed by atoms with Crippen LogP contribution in [0.2, 0.25) is 0 Å². The first-order valence-corrected chi connectivity index (χ1v) is 7.70. The Bertz CT molecular complexity index is 523. The molecule has 0 radical (unpaired) electrons. The van der Waals surface area contributed by atoms with E-state index < -0.39 is 0 Å². The number of aryl methyl sites for hydroxylation is 1. The Morgan fingerprint density at radius 2 is 2.24 bits per heavy atom. The van der Waals surface area contributed by atoms with Crippen LogP contribution < -0.4 is 5.73 Å². The molecule has 2 nitrogen and oxygen atoms in total. The van der Waals surface area contributed by atoms with Gasteiger partial charge in [-0.2, -0.15) is 0 Å². The van der Waals surface area contributed by atoms with Crippen molar-refractivity contribution < 1.29 is 0 Å². The molecule has 17 heavy (non-hydrogen) atoms. The highest BCUT2D eigenvalue weighted by atomic mass is 79.9. The number of thiazole rings is 1. The van der Waals surface area contributed by atoms with Crippen molar-refractivity contribution in [1.82, 2.24) is 4.98 Å². The molecular formula is C12H13BrN2S2. The van der Waals surface area contributed by atoms with Crippen LogP contribution in [0.25, 0.3) is 0 Å². The van der Waals surface area contributed by atoms with Gasteiger partial charge in [0.15, 0.2) is 4.34 Å². The van der Waals surface area contributed by atoms with E-state index in [1.54, 1.807) is 23.1 Å². The minimum Gasteiger partial charge on any atom is -0.324 e. The van der Waals surface area contributed by atoms with Crippen molar-refractivity contribution in [2.24, 2.45) is 5.73 Å². The first kappa shape index (κ1) is 13.1. The minimum absolute atomic E-state index is 0.0339. The molecule has 5 heteroatoms. The summed E-state index contributed by atoms with van der Waals surface area (Å²) in [5, 5.41) is 2.06. The average molecular weight is 329 g/mol. The smallest absolute Gasteiger partial charge is 0.154 e. The predicted molar refractivity (Wildman–Crippen MR) is 77.7 cm³/mol. The Labute approximate surface area is 118 Å². The van der Waals surface area contributed by atoms with E-state index in [0.717, 1.165) is 20.1 Å². The number of aromatic nitrogens is 1. The molecule has 90 valence electrons. The van der Waals surface area contributed by atoms with Crippen molar-refractivity contribution in [3.05, 3.63) is 39.3 Å². The molecule has 1 heterocycles. The number of hydrogen-bond acceptors (Lipinski definition) is 4. The van der Waals surface area contributed by atoms with Crippen LogP contribution in [0.1, 0.15) is 24.2 Å². The third-order valence-electron chi connectivity index (χ3n) is 2.26. The summed E-state index contributed by atoms with van der Waals surface area (Å²) in [4.78, 5) is 5.63. The lowest BCUT2D eigenvalue weighted by molar-refractivity contribution is 0.797. The van der Waals surface area contributed by atoms with Crippen molar-refractivity contribution in [1.29, 1.82) is 0 Å². The number of rotatable bonds is 3. The maximum absolute atomic E-state index is 5.98. The number of nitrogens with zero attached hydrogens (tertiary/aromatic N) is 1. The zero-order valence-electron chi connectivity index (χ0n) is 9.61. The van der Waals surface area contributed by atoms with Gasteiger partial charge in [-0.3, -0.25) is 0 Å².